The molecule has 0 aromatic carbocycles. The lowest BCUT2D eigenvalue weighted by atomic mass is 9.73. The highest BCUT2D eigenvalue weighted by molar-refractivity contribution is 4.87. The van der Waals surface area contributed by atoms with Crippen LogP contribution in [0, 0.1) is 17.8 Å². The highest BCUT2D eigenvalue weighted by Gasteiger charge is 2.35. The monoisotopic (exact) mass is 241 g/mol. The molecule has 17 heavy (non-hydrogen) atoms. The first-order valence-electron chi connectivity index (χ1n) is 7.17. The summed E-state index contributed by atoms with van der Waals surface area (Å²) in [5.41, 5.74) is 0.239. The van der Waals surface area contributed by atoms with Crippen LogP contribution in [-0.2, 0) is 0 Å². The Morgan fingerprint density at radius 2 is 1.82 bits per heavy atom. The average Bonchev–Trinajstić information content (AvgIpc) is 2.22. The van der Waals surface area contributed by atoms with Gasteiger partial charge in [0.2, 0.25) is 0 Å². The van der Waals surface area contributed by atoms with E-state index in [0.29, 0.717) is 17.8 Å². The van der Waals surface area contributed by atoms with E-state index in [9.17, 15) is 5.11 Å². The summed E-state index contributed by atoms with van der Waals surface area (Å²) in [6.45, 7) is 12.4. The summed E-state index contributed by atoms with van der Waals surface area (Å²) in [6, 6.07) is 0. The van der Waals surface area contributed by atoms with Crippen LogP contribution in [0.15, 0.2) is 0 Å². The van der Waals surface area contributed by atoms with Crippen LogP contribution in [0.2, 0.25) is 0 Å². The van der Waals surface area contributed by atoms with Crippen LogP contribution in [0.1, 0.15) is 53.9 Å². The summed E-state index contributed by atoms with van der Waals surface area (Å²) in [7, 11) is 2.20. The first-order valence-corrected chi connectivity index (χ1v) is 7.17. The molecule has 1 aliphatic carbocycles. The van der Waals surface area contributed by atoms with Gasteiger partial charge in [-0.15, -0.1) is 0 Å². The third-order valence-electron chi connectivity index (χ3n) is 5.03. The van der Waals surface area contributed by atoms with E-state index in [0.717, 1.165) is 19.4 Å². The van der Waals surface area contributed by atoms with Crippen LogP contribution >= 0.6 is 0 Å². The fraction of sp³-hybridized carbons (Fsp3) is 1.00. The van der Waals surface area contributed by atoms with E-state index in [4.69, 9.17) is 0 Å². The van der Waals surface area contributed by atoms with Gasteiger partial charge in [0, 0.05) is 18.0 Å². The van der Waals surface area contributed by atoms with Gasteiger partial charge in [-0.3, -0.25) is 0 Å². The van der Waals surface area contributed by atoms with Crippen LogP contribution in [-0.4, -0.2) is 35.2 Å². The van der Waals surface area contributed by atoms with Crippen molar-refractivity contribution in [3.05, 3.63) is 0 Å². The van der Waals surface area contributed by atoms with Crippen molar-refractivity contribution in [1.29, 1.82) is 0 Å². The summed E-state index contributed by atoms with van der Waals surface area (Å²) < 4.78 is 0. The molecule has 1 rings (SSSR count). The van der Waals surface area contributed by atoms with Gasteiger partial charge in [0.15, 0.2) is 0 Å². The van der Waals surface area contributed by atoms with E-state index in [-0.39, 0.29) is 11.6 Å². The number of aliphatic hydroxyl groups excluding tert-OH is 1. The van der Waals surface area contributed by atoms with Crippen LogP contribution in [0.4, 0.5) is 0 Å². The predicted octanol–water partition coefficient (Wildman–Crippen LogP) is 3.15. The van der Waals surface area contributed by atoms with Gasteiger partial charge in [0.1, 0.15) is 0 Å². The molecule has 0 heterocycles. The van der Waals surface area contributed by atoms with E-state index in [1.807, 2.05) is 0 Å². The average molecular weight is 241 g/mol. The molecule has 0 saturated heterocycles. The van der Waals surface area contributed by atoms with Crippen molar-refractivity contribution in [1.82, 2.24) is 4.90 Å². The number of nitrogens with zero attached hydrogens (tertiary/aromatic N) is 1. The Balaban J connectivity index is 2.61. The predicted molar refractivity (Wildman–Crippen MR) is 74.1 cm³/mol. The molecule has 0 aliphatic heterocycles. The number of hydrogen-bond acceptors (Lipinski definition) is 2. The Labute approximate surface area is 107 Å². The first-order chi connectivity index (χ1) is 7.77. The van der Waals surface area contributed by atoms with Crippen LogP contribution in [0.3, 0.4) is 0 Å². The first kappa shape index (κ1) is 15.0. The smallest absolute Gasteiger partial charge is 0.0585 e. The molecule has 0 aromatic rings. The van der Waals surface area contributed by atoms with E-state index in [1.165, 1.54) is 6.42 Å². The second-order valence-corrected chi connectivity index (χ2v) is 6.83. The largest absolute Gasteiger partial charge is 0.393 e. The van der Waals surface area contributed by atoms with Crippen molar-refractivity contribution in [2.75, 3.05) is 13.6 Å². The minimum atomic E-state index is -0.108. The van der Waals surface area contributed by atoms with Crippen LogP contribution in [0.5, 0.6) is 0 Å². The zero-order valence-corrected chi connectivity index (χ0v) is 12.5. The fourth-order valence-corrected chi connectivity index (χ4v) is 3.01. The minimum Gasteiger partial charge on any atom is -0.393 e. The van der Waals surface area contributed by atoms with Crippen molar-refractivity contribution in [2.24, 2.45) is 17.8 Å². The molecule has 4 atom stereocenters. The van der Waals surface area contributed by atoms with Crippen molar-refractivity contribution in [2.45, 2.75) is 65.5 Å². The fourth-order valence-electron chi connectivity index (χ4n) is 3.01. The Bertz CT molecular complexity index is 227. The molecular weight excluding hydrogens is 210 g/mol. The van der Waals surface area contributed by atoms with Crippen molar-refractivity contribution in [3.8, 4) is 0 Å². The lowest BCUT2D eigenvalue weighted by Gasteiger charge is -2.43. The van der Waals surface area contributed by atoms with Gasteiger partial charge in [-0.25, -0.2) is 0 Å². The molecule has 0 bridgehead atoms. The molecule has 1 aliphatic rings. The normalized spacial score (nSPS) is 35.3. The highest BCUT2D eigenvalue weighted by atomic mass is 16.3. The third kappa shape index (κ3) is 3.69. The topological polar surface area (TPSA) is 23.5 Å². The van der Waals surface area contributed by atoms with Gasteiger partial charge in [0.25, 0.3) is 0 Å². The maximum absolute atomic E-state index is 10.3. The van der Waals surface area contributed by atoms with Gasteiger partial charge in [0.05, 0.1) is 6.10 Å². The molecule has 1 N–H and O–H groups in total. The number of rotatable bonds is 4. The Hall–Kier alpha value is -0.0800. The van der Waals surface area contributed by atoms with Gasteiger partial charge < -0.3 is 10.0 Å². The van der Waals surface area contributed by atoms with E-state index in [2.05, 4.69) is 46.6 Å². The molecule has 2 nitrogen and oxygen atoms in total. The van der Waals surface area contributed by atoms with E-state index < -0.39 is 0 Å². The molecule has 0 aromatic heterocycles. The third-order valence-corrected chi connectivity index (χ3v) is 5.03. The molecule has 0 radical (unpaired) electrons. The molecule has 0 amide bonds. The molecule has 1 saturated carbocycles. The van der Waals surface area contributed by atoms with Gasteiger partial charge >= 0.3 is 0 Å². The molecule has 0 spiro atoms. The van der Waals surface area contributed by atoms with Crippen molar-refractivity contribution < 1.29 is 5.11 Å². The summed E-state index contributed by atoms with van der Waals surface area (Å²) >= 11 is 0. The van der Waals surface area contributed by atoms with Crippen molar-refractivity contribution >= 4 is 0 Å². The van der Waals surface area contributed by atoms with Gasteiger partial charge in [-0.1, -0.05) is 20.8 Å². The van der Waals surface area contributed by atoms with Gasteiger partial charge in [-0.2, -0.15) is 0 Å². The quantitative estimate of drug-likeness (QED) is 0.817. The van der Waals surface area contributed by atoms with Crippen LogP contribution < -0.4 is 0 Å². The zero-order valence-electron chi connectivity index (χ0n) is 12.5. The molecule has 102 valence electrons. The summed E-state index contributed by atoms with van der Waals surface area (Å²) in [5, 5.41) is 10.3. The molecule has 1 fully saturated rings. The van der Waals surface area contributed by atoms with Crippen LogP contribution in [0.25, 0.3) is 0 Å². The Morgan fingerprint density at radius 3 is 2.29 bits per heavy atom. The lowest BCUT2D eigenvalue weighted by Crippen LogP contribution is -2.48. The molecule has 2 heteroatoms. The number of hydrogen-bond donors (Lipinski definition) is 1. The highest BCUT2D eigenvalue weighted by Crippen LogP contribution is 2.35. The SMILES string of the molecule is CCC(C)(C)N(C)CC1C(C)CC(C)CC1O. The standard InChI is InChI=1S/C15H31NO/c1-7-15(4,5)16(6)10-13-12(3)8-11(2)9-14(13)17/h11-14,17H,7-10H2,1-6H3. The second-order valence-electron chi connectivity index (χ2n) is 6.83. The summed E-state index contributed by atoms with van der Waals surface area (Å²) in [4.78, 5) is 2.42. The van der Waals surface area contributed by atoms with E-state index in [1.54, 1.807) is 0 Å². The zero-order chi connectivity index (χ0) is 13.2. The molecule has 4 unspecified atom stereocenters. The Morgan fingerprint density at radius 1 is 1.24 bits per heavy atom. The maximum atomic E-state index is 10.3. The van der Waals surface area contributed by atoms with Crippen molar-refractivity contribution in [3.63, 3.8) is 0 Å². The summed E-state index contributed by atoms with van der Waals surface area (Å²) in [6.07, 6.45) is 3.29. The summed E-state index contributed by atoms with van der Waals surface area (Å²) in [5.74, 6) is 1.77. The van der Waals surface area contributed by atoms with E-state index >= 15 is 0 Å². The minimum absolute atomic E-state index is 0.108. The second kappa shape index (κ2) is 5.71. The lowest BCUT2D eigenvalue weighted by molar-refractivity contribution is -0.0137. The number of aliphatic hydroxyl groups is 1. The van der Waals surface area contributed by atoms with Gasteiger partial charge in [-0.05, 0) is 52.0 Å². The molecular formula is C15H31NO. The maximum Gasteiger partial charge on any atom is 0.0585 e. The Kier molecular flexibility index (Phi) is 5.03.